The Labute approximate surface area is 203 Å². The van der Waals surface area contributed by atoms with Crippen LogP contribution in [0.5, 0.6) is 5.75 Å². The molecule has 2 aliphatic rings. The van der Waals surface area contributed by atoms with Crippen molar-refractivity contribution in [2.24, 2.45) is 0 Å². The van der Waals surface area contributed by atoms with Gasteiger partial charge in [-0.3, -0.25) is 9.59 Å². The molecular weight excluding hydrogens is 486 g/mol. The number of halogens is 3. The third kappa shape index (κ3) is 3.68. The first-order valence-corrected chi connectivity index (χ1v) is 12.1. The Kier molecular flexibility index (Phi) is 5.80. The summed E-state index contributed by atoms with van der Waals surface area (Å²) in [5.74, 6) is -0.429. The van der Waals surface area contributed by atoms with Crippen molar-refractivity contribution in [3.8, 4) is 16.9 Å². The number of ether oxygens (including phenoxy) is 1. The number of carbonyl (C=O) groups is 2. The topological polar surface area (TPSA) is 49.9 Å². The van der Waals surface area contributed by atoms with Gasteiger partial charge in [-0.05, 0) is 35.2 Å². The SMILES string of the molecule is C=CC(=O)N1CCN2C(=O)c3cc(Cl)c(-c4ccc(F)c5sccc45)c(Cl)c3OCC[C@H]2C1. The number of piperazine rings is 1. The van der Waals surface area contributed by atoms with Crippen LogP contribution < -0.4 is 4.74 Å². The lowest BCUT2D eigenvalue weighted by atomic mass is 9.97. The van der Waals surface area contributed by atoms with Crippen molar-refractivity contribution < 1.29 is 18.7 Å². The maximum Gasteiger partial charge on any atom is 0.258 e. The van der Waals surface area contributed by atoms with Gasteiger partial charge in [0.15, 0.2) is 5.75 Å². The van der Waals surface area contributed by atoms with Crippen LogP contribution in [-0.2, 0) is 4.79 Å². The minimum atomic E-state index is -0.311. The van der Waals surface area contributed by atoms with Gasteiger partial charge in [-0.15, -0.1) is 11.3 Å². The predicted octanol–water partition coefficient (Wildman–Crippen LogP) is 5.64. The van der Waals surface area contributed by atoms with Crippen LogP contribution in [0.1, 0.15) is 16.8 Å². The zero-order chi connectivity index (χ0) is 23.3. The number of hydrogen-bond donors (Lipinski definition) is 0. The number of thiophene rings is 1. The monoisotopic (exact) mass is 504 g/mol. The lowest BCUT2D eigenvalue weighted by molar-refractivity contribution is -0.128. The molecule has 2 aliphatic heterocycles. The summed E-state index contributed by atoms with van der Waals surface area (Å²) in [6.07, 6.45) is 1.83. The summed E-state index contributed by atoms with van der Waals surface area (Å²) in [4.78, 5) is 29.0. The molecule has 0 N–H and O–H groups in total. The number of carbonyl (C=O) groups excluding carboxylic acids is 2. The highest BCUT2D eigenvalue weighted by atomic mass is 35.5. The maximum absolute atomic E-state index is 14.2. The van der Waals surface area contributed by atoms with Gasteiger partial charge in [0.1, 0.15) is 5.82 Å². The molecule has 3 heterocycles. The van der Waals surface area contributed by atoms with E-state index >= 15 is 0 Å². The number of amides is 2. The molecule has 9 heteroatoms. The zero-order valence-electron chi connectivity index (χ0n) is 17.4. The van der Waals surface area contributed by atoms with E-state index in [0.717, 1.165) is 0 Å². The van der Waals surface area contributed by atoms with Crippen LogP contribution in [-0.4, -0.2) is 53.9 Å². The number of benzene rings is 2. The highest BCUT2D eigenvalue weighted by Crippen LogP contribution is 2.47. The average Bonchev–Trinajstić information content (AvgIpc) is 3.31. The van der Waals surface area contributed by atoms with Crippen molar-refractivity contribution in [1.82, 2.24) is 9.80 Å². The molecule has 0 radical (unpaired) electrons. The molecule has 5 nitrogen and oxygen atoms in total. The Hall–Kier alpha value is -2.61. The summed E-state index contributed by atoms with van der Waals surface area (Å²) >= 11 is 14.7. The second kappa shape index (κ2) is 8.63. The van der Waals surface area contributed by atoms with Crippen molar-refractivity contribution in [3.05, 3.63) is 63.7 Å². The summed E-state index contributed by atoms with van der Waals surface area (Å²) in [6, 6.07) is 6.25. The van der Waals surface area contributed by atoms with Gasteiger partial charge in [-0.25, -0.2) is 4.39 Å². The number of nitrogens with zero attached hydrogens (tertiary/aromatic N) is 2. The van der Waals surface area contributed by atoms with Crippen LogP contribution >= 0.6 is 34.5 Å². The van der Waals surface area contributed by atoms with Gasteiger partial charge in [0.2, 0.25) is 5.91 Å². The molecule has 0 spiro atoms. The maximum atomic E-state index is 14.2. The predicted molar refractivity (Wildman–Crippen MR) is 129 cm³/mol. The van der Waals surface area contributed by atoms with Crippen molar-refractivity contribution in [2.45, 2.75) is 12.5 Å². The lowest BCUT2D eigenvalue weighted by Crippen LogP contribution is -2.57. The first-order chi connectivity index (χ1) is 15.9. The third-order valence-corrected chi connectivity index (χ3v) is 7.75. The molecular formula is C24H19Cl2FN2O3S. The molecule has 33 heavy (non-hydrogen) atoms. The molecule has 0 saturated carbocycles. The van der Waals surface area contributed by atoms with Crippen LogP contribution in [0.15, 0.2) is 42.3 Å². The normalized spacial score (nSPS) is 18.3. The largest absolute Gasteiger partial charge is 0.491 e. The summed E-state index contributed by atoms with van der Waals surface area (Å²) in [5.41, 5.74) is 1.47. The Bertz CT molecular complexity index is 1310. The van der Waals surface area contributed by atoms with E-state index in [1.54, 1.807) is 21.9 Å². The second-order valence-electron chi connectivity index (χ2n) is 7.96. The van der Waals surface area contributed by atoms with E-state index in [0.29, 0.717) is 53.9 Å². The van der Waals surface area contributed by atoms with Crippen LogP contribution in [0, 0.1) is 5.82 Å². The van der Waals surface area contributed by atoms with Crippen molar-refractivity contribution >= 4 is 56.4 Å². The number of fused-ring (bicyclic) bond motifs is 3. The zero-order valence-corrected chi connectivity index (χ0v) is 19.8. The van der Waals surface area contributed by atoms with Crippen LogP contribution in [0.2, 0.25) is 10.0 Å². The fourth-order valence-electron chi connectivity index (χ4n) is 4.54. The van der Waals surface area contributed by atoms with Crippen LogP contribution in [0.25, 0.3) is 21.2 Å². The van der Waals surface area contributed by atoms with E-state index in [9.17, 15) is 14.0 Å². The Morgan fingerprint density at radius 3 is 2.85 bits per heavy atom. The number of hydrogen-bond acceptors (Lipinski definition) is 4. The first-order valence-electron chi connectivity index (χ1n) is 10.4. The van der Waals surface area contributed by atoms with Gasteiger partial charge in [0.25, 0.3) is 5.91 Å². The fourth-order valence-corrected chi connectivity index (χ4v) is 6.08. The Morgan fingerprint density at radius 1 is 1.24 bits per heavy atom. The van der Waals surface area contributed by atoms with Crippen molar-refractivity contribution in [1.29, 1.82) is 0 Å². The molecule has 1 atom stereocenters. The third-order valence-electron chi connectivity index (χ3n) is 6.17. The standard InChI is InChI=1S/C24H19Cl2FN2O3S/c1-2-19(30)28-7-8-29-13(12-28)5-9-32-22-16(24(29)31)11-17(25)20(21(22)26)14-3-4-18(27)23-15(14)6-10-33-23/h2-4,6,10-11,13H,1,5,7-9,12H2/t13-/m0/s1. The van der Waals surface area contributed by atoms with Crippen molar-refractivity contribution in [3.63, 3.8) is 0 Å². The summed E-state index contributed by atoms with van der Waals surface area (Å²) in [7, 11) is 0. The van der Waals surface area contributed by atoms with Gasteiger partial charge < -0.3 is 14.5 Å². The molecule has 5 rings (SSSR count). The second-order valence-corrected chi connectivity index (χ2v) is 9.66. The molecule has 2 amide bonds. The molecule has 1 fully saturated rings. The van der Waals surface area contributed by atoms with Gasteiger partial charge in [0, 0.05) is 37.0 Å². The summed E-state index contributed by atoms with van der Waals surface area (Å²) in [6.45, 7) is 5.10. The average molecular weight is 505 g/mol. The number of rotatable bonds is 2. The van der Waals surface area contributed by atoms with Gasteiger partial charge in [0.05, 0.1) is 33.0 Å². The quantitative estimate of drug-likeness (QED) is 0.424. The first kappa shape index (κ1) is 22.2. The van der Waals surface area contributed by atoms with Gasteiger partial charge in [-0.2, -0.15) is 0 Å². The smallest absolute Gasteiger partial charge is 0.258 e. The molecule has 0 bridgehead atoms. The molecule has 0 aliphatic carbocycles. The summed E-state index contributed by atoms with van der Waals surface area (Å²) in [5, 5.41) is 3.02. The molecule has 1 saturated heterocycles. The highest BCUT2D eigenvalue weighted by Gasteiger charge is 2.36. The van der Waals surface area contributed by atoms with Gasteiger partial charge in [-0.1, -0.05) is 35.8 Å². The van der Waals surface area contributed by atoms with E-state index in [1.807, 2.05) is 11.4 Å². The molecule has 1 aromatic heterocycles. The summed E-state index contributed by atoms with van der Waals surface area (Å²) < 4.78 is 20.8. The van der Waals surface area contributed by atoms with Gasteiger partial charge >= 0.3 is 0 Å². The molecule has 0 unspecified atom stereocenters. The minimum absolute atomic E-state index is 0.153. The highest BCUT2D eigenvalue weighted by molar-refractivity contribution is 7.17. The fraction of sp³-hybridized carbons (Fsp3) is 0.250. The van der Waals surface area contributed by atoms with E-state index in [2.05, 4.69) is 6.58 Å². The van der Waals surface area contributed by atoms with Crippen LogP contribution in [0.3, 0.4) is 0 Å². The molecule has 170 valence electrons. The van der Waals surface area contributed by atoms with E-state index in [-0.39, 0.29) is 45.0 Å². The molecule has 3 aromatic rings. The van der Waals surface area contributed by atoms with Crippen molar-refractivity contribution in [2.75, 3.05) is 26.2 Å². The Morgan fingerprint density at radius 2 is 2.06 bits per heavy atom. The Balaban J connectivity index is 1.57. The lowest BCUT2D eigenvalue weighted by Gasteiger charge is -2.42. The van der Waals surface area contributed by atoms with E-state index in [1.165, 1.54) is 23.5 Å². The minimum Gasteiger partial charge on any atom is -0.491 e. The molecule has 2 aromatic carbocycles. The van der Waals surface area contributed by atoms with E-state index in [4.69, 9.17) is 27.9 Å². The van der Waals surface area contributed by atoms with E-state index < -0.39 is 0 Å². The van der Waals surface area contributed by atoms with Crippen LogP contribution in [0.4, 0.5) is 4.39 Å².